The molecule has 0 spiro atoms. The van der Waals surface area contributed by atoms with Crippen molar-refractivity contribution in [3.05, 3.63) is 386 Å². The summed E-state index contributed by atoms with van der Waals surface area (Å²) in [6.07, 6.45) is 0.254. The minimum atomic E-state index is -2.64. The van der Waals surface area contributed by atoms with Crippen LogP contribution < -0.4 is 36.8 Å². The van der Waals surface area contributed by atoms with Crippen molar-refractivity contribution in [2.24, 2.45) is 0 Å². The summed E-state index contributed by atoms with van der Waals surface area (Å²) in [4.78, 5) is 96.5. The van der Waals surface area contributed by atoms with Gasteiger partial charge in [-0.1, -0.05) is 157 Å². The van der Waals surface area contributed by atoms with E-state index in [0.29, 0.717) is 22.5 Å². The third-order valence-electron chi connectivity index (χ3n) is 16.3. The van der Waals surface area contributed by atoms with Gasteiger partial charge in [-0.25, -0.2) is 65.9 Å². The Morgan fingerprint density at radius 2 is 0.619 bits per heavy atom. The van der Waals surface area contributed by atoms with Crippen molar-refractivity contribution in [3.8, 4) is 0 Å². The molecular weight excluding hydrogens is 1570 g/mol. The van der Waals surface area contributed by atoms with Gasteiger partial charge in [-0.2, -0.15) is 0 Å². The standard InChI is InChI=1S/2C17H17NO2.C15H16N2O.C13HF10NO.C13H6F5NO.C13H11NO/c1-12-5-3-7-14(9-12)11-16(19)17(20)18-15-8-4-6-13(2)10-15;1-12-7-3-5-9-14(12)11-16(19)17(20)18-15-10-6-4-8-13(15)2;1-17(2)14-10-8-13(9-11-14)16-15(18)12-6-4-3-5-7-12;14-2-1(3(15)5(17)6(18)4(2)16)13(25)24-12-10(22)8(20)7(19)9(21)11(12)23;14-8-7(9(15)11(17)12(18)10(8)16)13(20)19-6-4-2-1-3-5-6;15-13(11-7-3-1-4-8-11)14-12-9-5-2-6-10-12/h2*3-10H,11H2,1-2H3,(H,18,20);3-11H,1-2H3,(H,16,18);(H,24,25);1-5H,(H,19,20);1-10H,(H,14,15). The molecule has 15 nitrogen and oxygen atoms in total. The number of ketones is 2. The van der Waals surface area contributed by atoms with Gasteiger partial charge in [0.05, 0.1) is 0 Å². The molecule has 12 rings (SSSR count). The summed E-state index contributed by atoms with van der Waals surface area (Å²) >= 11 is 0. The molecule has 0 aromatic heterocycles. The average Bonchev–Trinajstić information content (AvgIpc) is 0.802. The third kappa shape index (κ3) is 25.3. The number of halogens is 15. The van der Waals surface area contributed by atoms with Gasteiger partial charge in [0.15, 0.2) is 69.8 Å². The molecule has 0 aliphatic heterocycles. The summed E-state index contributed by atoms with van der Waals surface area (Å²) in [7, 11) is 3.97. The Labute approximate surface area is 665 Å². The first kappa shape index (κ1) is 90.7. The molecule has 0 bridgehead atoms. The van der Waals surface area contributed by atoms with Crippen LogP contribution >= 0.6 is 0 Å². The highest BCUT2D eigenvalue weighted by Crippen LogP contribution is 2.31. The van der Waals surface area contributed by atoms with Crippen LogP contribution in [0.1, 0.15) is 74.8 Å². The number of hydrogen-bond donors (Lipinski definition) is 6. The number of Topliss-reactive ketones (excluding diaryl/α,β-unsaturated/α-hetero) is 2. The predicted octanol–water partition coefficient (Wildman–Crippen LogP) is 20.0. The van der Waals surface area contributed by atoms with Crippen LogP contribution in [-0.2, 0) is 32.0 Å². The zero-order chi connectivity index (χ0) is 86.6. The minimum absolute atomic E-state index is 0.0817. The number of amides is 6. The second-order valence-electron chi connectivity index (χ2n) is 25.3. The Morgan fingerprint density at radius 3 is 1.04 bits per heavy atom. The van der Waals surface area contributed by atoms with Crippen LogP contribution in [0.25, 0.3) is 0 Å². The van der Waals surface area contributed by atoms with Crippen molar-refractivity contribution in [1.29, 1.82) is 0 Å². The quantitative estimate of drug-likeness (QED) is 0.0221. The van der Waals surface area contributed by atoms with E-state index < -0.39 is 139 Å². The fraction of sp³-hybridized carbons (Fsp3) is 0.0909. The number of para-hydroxylation sites is 3. The molecule has 0 atom stereocenters. The van der Waals surface area contributed by atoms with Crippen LogP contribution in [0.5, 0.6) is 0 Å². The summed E-state index contributed by atoms with van der Waals surface area (Å²) in [6, 6.07) is 72.9. The van der Waals surface area contributed by atoms with E-state index in [-0.39, 0.29) is 30.3 Å². The lowest BCUT2D eigenvalue weighted by Gasteiger charge is -2.13. The largest absolute Gasteiger partial charge is 0.378 e. The highest BCUT2D eigenvalue weighted by molar-refractivity contribution is 6.41. The molecule has 0 saturated carbocycles. The highest BCUT2D eigenvalue weighted by atomic mass is 19.2. The molecule has 6 N–H and O–H groups in total. The Balaban J connectivity index is 0.000000197. The van der Waals surface area contributed by atoms with E-state index >= 15 is 0 Å². The monoisotopic (exact) mass is 1640 g/mol. The molecule has 608 valence electrons. The lowest BCUT2D eigenvalue weighted by Crippen LogP contribution is -2.25. The maximum Gasteiger partial charge on any atom is 0.292 e. The first-order valence-corrected chi connectivity index (χ1v) is 34.8. The highest BCUT2D eigenvalue weighted by Gasteiger charge is 2.34. The van der Waals surface area contributed by atoms with Gasteiger partial charge in [0, 0.05) is 72.2 Å². The van der Waals surface area contributed by atoms with Gasteiger partial charge in [0.1, 0.15) is 16.8 Å². The third-order valence-corrected chi connectivity index (χ3v) is 16.3. The molecule has 118 heavy (non-hydrogen) atoms. The number of nitrogens with one attached hydrogen (secondary N) is 6. The Hall–Kier alpha value is -14.5. The summed E-state index contributed by atoms with van der Waals surface area (Å²) < 4.78 is 197. The zero-order valence-corrected chi connectivity index (χ0v) is 62.9. The van der Waals surface area contributed by atoms with E-state index in [1.165, 1.54) is 24.3 Å². The lowest BCUT2D eigenvalue weighted by atomic mass is 10.0. The first-order chi connectivity index (χ1) is 56.1. The Morgan fingerprint density at radius 1 is 0.280 bits per heavy atom. The molecule has 6 amide bonds. The summed E-state index contributed by atoms with van der Waals surface area (Å²) in [6.45, 7) is 7.72. The van der Waals surface area contributed by atoms with Crippen LogP contribution in [-0.4, -0.2) is 61.1 Å². The molecule has 0 radical (unpaired) electrons. The second-order valence-corrected chi connectivity index (χ2v) is 25.3. The Bertz CT molecular complexity index is 5420. The number of hydrogen-bond acceptors (Lipinski definition) is 9. The number of rotatable bonds is 17. The molecule has 30 heteroatoms. The maximum atomic E-state index is 13.4. The first-order valence-electron chi connectivity index (χ1n) is 34.8. The second kappa shape index (κ2) is 43.2. The molecule has 0 aliphatic carbocycles. The predicted molar refractivity (Wildman–Crippen MR) is 416 cm³/mol. The number of aryl methyl sites for hydroxylation is 4. The molecule has 0 unspecified atom stereocenters. The molecule has 12 aromatic rings. The zero-order valence-electron chi connectivity index (χ0n) is 62.9. The van der Waals surface area contributed by atoms with Crippen LogP contribution in [0.15, 0.2) is 243 Å². The molecule has 0 saturated heterocycles. The molecular formula is C88H68F15N7O8. The van der Waals surface area contributed by atoms with Crippen LogP contribution in [0.2, 0.25) is 0 Å². The van der Waals surface area contributed by atoms with E-state index in [1.807, 2.05) is 228 Å². The van der Waals surface area contributed by atoms with Crippen molar-refractivity contribution in [2.75, 3.05) is 50.9 Å². The van der Waals surface area contributed by atoms with Crippen molar-refractivity contribution < 1.29 is 104 Å². The van der Waals surface area contributed by atoms with Gasteiger partial charge in [-0.05, 0) is 147 Å². The van der Waals surface area contributed by atoms with E-state index in [2.05, 4.69) is 21.3 Å². The van der Waals surface area contributed by atoms with Gasteiger partial charge in [-0.15, -0.1) is 0 Å². The lowest BCUT2D eigenvalue weighted by molar-refractivity contribution is -0.134. The smallest absolute Gasteiger partial charge is 0.292 e. The minimum Gasteiger partial charge on any atom is -0.378 e. The van der Waals surface area contributed by atoms with Gasteiger partial charge in [-0.3, -0.25) is 38.4 Å². The molecule has 0 fully saturated rings. The van der Waals surface area contributed by atoms with E-state index in [9.17, 15) is 104 Å². The molecule has 0 heterocycles. The average molecular weight is 1640 g/mol. The number of nitrogens with zero attached hydrogens (tertiary/aromatic N) is 1. The number of anilines is 7. The van der Waals surface area contributed by atoms with Crippen molar-refractivity contribution >= 4 is 86.8 Å². The van der Waals surface area contributed by atoms with E-state index in [4.69, 9.17) is 0 Å². The number of carbonyl (C=O) groups is 8. The Kier molecular flexibility index (Phi) is 33.2. The van der Waals surface area contributed by atoms with Crippen LogP contribution in [0, 0.1) is 115 Å². The molecule has 12 aromatic carbocycles. The van der Waals surface area contributed by atoms with Crippen molar-refractivity contribution in [1.82, 2.24) is 0 Å². The van der Waals surface area contributed by atoms with Gasteiger partial charge in [0.25, 0.3) is 35.4 Å². The fourth-order valence-corrected chi connectivity index (χ4v) is 10.1. The van der Waals surface area contributed by atoms with Crippen molar-refractivity contribution in [2.45, 2.75) is 40.5 Å². The van der Waals surface area contributed by atoms with Gasteiger partial charge >= 0.3 is 0 Å². The maximum absolute atomic E-state index is 13.4. The van der Waals surface area contributed by atoms with E-state index in [1.54, 1.807) is 42.5 Å². The van der Waals surface area contributed by atoms with Gasteiger partial charge in [0.2, 0.25) is 29.0 Å². The van der Waals surface area contributed by atoms with Crippen LogP contribution in [0.4, 0.5) is 106 Å². The van der Waals surface area contributed by atoms with Gasteiger partial charge < -0.3 is 36.8 Å². The fourth-order valence-electron chi connectivity index (χ4n) is 10.1. The number of carbonyl (C=O) groups excluding carboxylic acids is 8. The summed E-state index contributed by atoms with van der Waals surface area (Å²) in [5.74, 6) is -42.8. The normalized spacial score (nSPS) is 10.2. The van der Waals surface area contributed by atoms with Crippen molar-refractivity contribution in [3.63, 3.8) is 0 Å². The van der Waals surface area contributed by atoms with E-state index in [0.717, 1.165) is 55.8 Å². The SMILES string of the molecule is CN(C)c1ccc(NC(=O)c2ccccc2)cc1.Cc1cccc(CC(=O)C(=O)Nc2cccc(C)c2)c1.Cc1ccccc1CC(=O)C(=O)Nc1ccccc1C.O=C(Nc1c(F)c(F)c(F)c(F)c1F)c1c(F)c(F)c(F)c(F)c1F.O=C(Nc1ccccc1)c1c(F)c(F)c(F)c(F)c1F.O=C(Nc1ccccc1)c1ccccc1. The molecule has 0 aliphatic rings. The number of benzene rings is 12. The van der Waals surface area contributed by atoms with Crippen LogP contribution in [0.3, 0.4) is 0 Å². The topological polar surface area (TPSA) is 212 Å². The summed E-state index contributed by atoms with van der Waals surface area (Å²) in [5.41, 5.74) is 5.59. The summed E-state index contributed by atoms with van der Waals surface area (Å²) in [5, 5.41) is 13.9.